The predicted octanol–water partition coefficient (Wildman–Crippen LogP) is 3.20. The highest BCUT2D eigenvalue weighted by Crippen LogP contribution is 2.01. The Morgan fingerprint density at radius 1 is 0.889 bits per heavy atom. The first-order chi connectivity index (χ1) is 8.76. The first kappa shape index (κ1) is 17.4. The molecule has 0 aromatic heterocycles. The summed E-state index contributed by atoms with van der Waals surface area (Å²) in [6.45, 7) is 10.4. The van der Waals surface area contributed by atoms with Gasteiger partial charge in [-0.2, -0.15) is 0 Å². The lowest BCUT2D eigenvalue weighted by Gasteiger charge is -2.22. The zero-order chi connectivity index (χ0) is 13.6. The summed E-state index contributed by atoms with van der Waals surface area (Å²) in [5, 5.41) is 3.44. The summed E-state index contributed by atoms with van der Waals surface area (Å²) >= 11 is 0. The molecule has 0 saturated carbocycles. The Hall–Kier alpha value is -0.570. The van der Waals surface area contributed by atoms with E-state index in [9.17, 15) is 4.79 Å². The molecule has 0 aliphatic carbocycles. The number of amides is 1. The zero-order valence-electron chi connectivity index (χ0n) is 12.6. The smallest absolute Gasteiger partial charge is 0.222 e. The highest BCUT2D eigenvalue weighted by molar-refractivity contribution is 5.75. The van der Waals surface area contributed by atoms with Gasteiger partial charge < -0.3 is 10.2 Å². The molecule has 0 aliphatic rings. The van der Waals surface area contributed by atoms with Crippen LogP contribution in [0.1, 0.15) is 65.7 Å². The van der Waals surface area contributed by atoms with Crippen LogP contribution in [0.25, 0.3) is 0 Å². The predicted molar refractivity (Wildman–Crippen MR) is 78.8 cm³/mol. The van der Waals surface area contributed by atoms with Gasteiger partial charge in [0.25, 0.3) is 0 Å². The van der Waals surface area contributed by atoms with Crippen molar-refractivity contribution >= 4 is 5.91 Å². The van der Waals surface area contributed by atoms with Crippen LogP contribution in [0.3, 0.4) is 0 Å². The van der Waals surface area contributed by atoms with E-state index in [1.807, 2.05) is 11.8 Å². The highest BCUT2D eigenvalue weighted by Gasteiger charge is 2.09. The van der Waals surface area contributed by atoms with Gasteiger partial charge in [-0.3, -0.25) is 4.79 Å². The van der Waals surface area contributed by atoms with E-state index >= 15 is 0 Å². The molecule has 1 amide bonds. The van der Waals surface area contributed by atoms with Gasteiger partial charge in [-0.1, -0.05) is 33.6 Å². The molecule has 0 heterocycles. The minimum Gasteiger partial charge on any atom is -0.343 e. The minimum atomic E-state index is 0.308. The highest BCUT2D eigenvalue weighted by atomic mass is 16.2. The average molecular weight is 256 g/mol. The molecular weight excluding hydrogens is 224 g/mol. The van der Waals surface area contributed by atoms with Crippen molar-refractivity contribution in [2.75, 3.05) is 26.2 Å². The van der Waals surface area contributed by atoms with Crippen molar-refractivity contribution in [1.29, 1.82) is 0 Å². The molecule has 1 N–H and O–H groups in total. The molecule has 18 heavy (non-hydrogen) atoms. The average Bonchev–Trinajstić information content (AvgIpc) is 2.40. The summed E-state index contributed by atoms with van der Waals surface area (Å²) in [6, 6.07) is 0. The topological polar surface area (TPSA) is 32.3 Å². The molecule has 0 aromatic carbocycles. The Kier molecular flexibility index (Phi) is 12.5. The Bertz CT molecular complexity index is 195. The van der Waals surface area contributed by atoms with Crippen molar-refractivity contribution in [3.05, 3.63) is 0 Å². The van der Waals surface area contributed by atoms with Gasteiger partial charge in [0.2, 0.25) is 5.91 Å². The second-order valence-electron chi connectivity index (χ2n) is 4.90. The lowest BCUT2D eigenvalue weighted by atomic mass is 10.2. The van der Waals surface area contributed by atoms with E-state index in [1.165, 1.54) is 19.3 Å². The van der Waals surface area contributed by atoms with E-state index in [4.69, 9.17) is 0 Å². The van der Waals surface area contributed by atoms with Gasteiger partial charge in [0.05, 0.1) is 0 Å². The SMILES string of the molecule is CCCCNCCCCN(CCCC)C(=O)CC. The van der Waals surface area contributed by atoms with Gasteiger partial charge in [-0.25, -0.2) is 0 Å². The Morgan fingerprint density at radius 2 is 1.50 bits per heavy atom. The Labute approximate surface area is 113 Å². The number of hydrogen-bond acceptors (Lipinski definition) is 2. The fraction of sp³-hybridized carbons (Fsp3) is 0.933. The first-order valence-corrected chi connectivity index (χ1v) is 7.74. The second-order valence-corrected chi connectivity index (χ2v) is 4.90. The van der Waals surface area contributed by atoms with E-state index < -0.39 is 0 Å². The maximum atomic E-state index is 11.7. The summed E-state index contributed by atoms with van der Waals surface area (Å²) in [4.78, 5) is 13.8. The monoisotopic (exact) mass is 256 g/mol. The molecule has 0 bridgehead atoms. The van der Waals surface area contributed by atoms with E-state index in [-0.39, 0.29) is 0 Å². The van der Waals surface area contributed by atoms with E-state index in [2.05, 4.69) is 19.2 Å². The molecule has 0 aliphatic heterocycles. The van der Waals surface area contributed by atoms with Crippen molar-refractivity contribution in [1.82, 2.24) is 10.2 Å². The quantitative estimate of drug-likeness (QED) is 0.544. The normalized spacial score (nSPS) is 10.6. The molecular formula is C15H32N2O. The first-order valence-electron chi connectivity index (χ1n) is 7.74. The molecule has 0 aromatic rings. The largest absolute Gasteiger partial charge is 0.343 e. The van der Waals surface area contributed by atoms with E-state index in [0.29, 0.717) is 12.3 Å². The molecule has 0 atom stereocenters. The number of nitrogens with one attached hydrogen (secondary N) is 1. The summed E-state index contributed by atoms with van der Waals surface area (Å²) < 4.78 is 0. The van der Waals surface area contributed by atoms with Gasteiger partial charge in [-0.05, 0) is 38.8 Å². The molecule has 108 valence electrons. The Balaban J connectivity index is 3.59. The van der Waals surface area contributed by atoms with Crippen molar-refractivity contribution < 1.29 is 4.79 Å². The van der Waals surface area contributed by atoms with Crippen LogP contribution in [-0.2, 0) is 4.79 Å². The van der Waals surface area contributed by atoms with Crippen LogP contribution in [0.15, 0.2) is 0 Å². The number of carbonyl (C=O) groups excluding carboxylic acids is 1. The van der Waals surface area contributed by atoms with Crippen LogP contribution >= 0.6 is 0 Å². The maximum absolute atomic E-state index is 11.7. The molecule has 0 unspecified atom stereocenters. The fourth-order valence-electron chi connectivity index (χ4n) is 1.91. The fourth-order valence-corrected chi connectivity index (χ4v) is 1.91. The van der Waals surface area contributed by atoms with Gasteiger partial charge >= 0.3 is 0 Å². The van der Waals surface area contributed by atoms with Crippen molar-refractivity contribution in [2.24, 2.45) is 0 Å². The van der Waals surface area contributed by atoms with E-state index in [0.717, 1.165) is 45.4 Å². The minimum absolute atomic E-state index is 0.308. The third kappa shape index (κ3) is 9.46. The van der Waals surface area contributed by atoms with Crippen LogP contribution in [0, 0.1) is 0 Å². The lowest BCUT2D eigenvalue weighted by Crippen LogP contribution is -2.32. The van der Waals surface area contributed by atoms with Crippen LogP contribution in [0.2, 0.25) is 0 Å². The van der Waals surface area contributed by atoms with Crippen LogP contribution in [0.4, 0.5) is 0 Å². The van der Waals surface area contributed by atoms with Gasteiger partial charge in [0, 0.05) is 19.5 Å². The number of hydrogen-bond donors (Lipinski definition) is 1. The van der Waals surface area contributed by atoms with Gasteiger partial charge in [0.1, 0.15) is 0 Å². The summed E-state index contributed by atoms with van der Waals surface area (Å²) in [5.74, 6) is 0.308. The van der Waals surface area contributed by atoms with Crippen molar-refractivity contribution in [3.63, 3.8) is 0 Å². The number of carbonyl (C=O) groups is 1. The Morgan fingerprint density at radius 3 is 2.11 bits per heavy atom. The molecule has 0 radical (unpaired) electrons. The van der Waals surface area contributed by atoms with Crippen LogP contribution in [0.5, 0.6) is 0 Å². The maximum Gasteiger partial charge on any atom is 0.222 e. The number of rotatable bonds is 12. The van der Waals surface area contributed by atoms with Gasteiger partial charge in [-0.15, -0.1) is 0 Å². The van der Waals surface area contributed by atoms with Crippen molar-refractivity contribution in [2.45, 2.75) is 65.7 Å². The molecule has 0 saturated heterocycles. The number of unbranched alkanes of at least 4 members (excludes halogenated alkanes) is 3. The van der Waals surface area contributed by atoms with E-state index in [1.54, 1.807) is 0 Å². The molecule has 3 nitrogen and oxygen atoms in total. The van der Waals surface area contributed by atoms with Gasteiger partial charge in [0.15, 0.2) is 0 Å². The lowest BCUT2D eigenvalue weighted by molar-refractivity contribution is -0.131. The van der Waals surface area contributed by atoms with Crippen LogP contribution in [-0.4, -0.2) is 37.0 Å². The third-order valence-electron chi connectivity index (χ3n) is 3.18. The second kappa shape index (κ2) is 12.9. The standard InChI is InChI=1S/C15H32N2O/c1-4-7-11-16-12-9-10-14-17(13-8-5-2)15(18)6-3/h16H,4-14H2,1-3H3. The summed E-state index contributed by atoms with van der Waals surface area (Å²) in [7, 11) is 0. The molecule has 0 rings (SSSR count). The third-order valence-corrected chi connectivity index (χ3v) is 3.18. The number of nitrogens with zero attached hydrogens (tertiary/aromatic N) is 1. The molecule has 0 spiro atoms. The summed E-state index contributed by atoms with van der Waals surface area (Å²) in [6.07, 6.45) is 7.72. The van der Waals surface area contributed by atoms with Crippen molar-refractivity contribution in [3.8, 4) is 0 Å². The molecule has 0 fully saturated rings. The zero-order valence-corrected chi connectivity index (χ0v) is 12.6. The molecule has 3 heteroatoms. The summed E-state index contributed by atoms with van der Waals surface area (Å²) in [5.41, 5.74) is 0. The van der Waals surface area contributed by atoms with Crippen LogP contribution < -0.4 is 5.32 Å².